The maximum Gasteiger partial charge on any atom is 0.287 e. The molecular formula is C16H18FNO4. The van der Waals surface area contributed by atoms with Gasteiger partial charge in [-0.2, -0.15) is 0 Å². The number of aliphatic hydroxyl groups excluding tert-OH is 1. The van der Waals surface area contributed by atoms with Crippen molar-refractivity contribution in [2.75, 3.05) is 7.11 Å². The Labute approximate surface area is 127 Å². The summed E-state index contributed by atoms with van der Waals surface area (Å²) in [7, 11) is 1.53. The molecule has 1 amide bonds. The fraction of sp³-hybridized carbons (Fsp3) is 0.312. The van der Waals surface area contributed by atoms with Crippen LogP contribution in [0.2, 0.25) is 0 Å². The van der Waals surface area contributed by atoms with Crippen molar-refractivity contribution >= 4 is 5.91 Å². The van der Waals surface area contributed by atoms with E-state index in [1.54, 1.807) is 19.1 Å². The smallest absolute Gasteiger partial charge is 0.287 e. The molecule has 5 nitrogen and oxygen atoms in total. The Hall–Kier alpha value is -2.18. The molecule has 2 atom stereocenters. The van der Waals surface area contributed by atoms with Crippen molar-refractivity contribution in [2.24, 2.45) is 0 Å². The molecule has 2 N–H and O–H groups in total. The summed E-state index contributed by atoms with van der Waals surface area (Å²) >= 11 is 0. The Bertz CT molecular complexity index is 623. The van der Waals surface area contributed by atoms with Crippen LogP contribution in [-0.4, -0.2) is 24.2 Å². The zero-order valence-corrected chi connectivity index (χ0v) is 12.4. The number of methoxy groups -OCH3 is 1. The van der Waals surface area contributed by atoms with Gasteiger partial charge in [-0.05, 0) is 36.8 Å². The van der Waals surface area contributed by atoms with E-state index in [1.807, 2.05) is 0 Å². The lowest BCUT2D eigenvalue weighted by molar-refractivity contribution is 0.0818. The van der Waals surface area contributed by atoms with Crippen LogP contribution in [0.25, 0.3) is 0 Å². The van der Waals surface area contributed by atoms with Crippen molar-refractivity contribution in [1.82, 2.24) is 5.32 Å². The normalized spacial score (nSPS) is 13.6. The predicted molar refractivity (Wildman–Crippen MR) is 77.7 cm³/mol. The van der Waals surface area contributed by atoms with E-state index in [2.05, 4.69) is 5.32 Å². The summed E-state index contributed by atoms with van der Waals surface area (Å²) in [5.41, 5.74) is 0.522. The third kappa shape index (κ3) is 3.93. The van der Waals surface area contributed by atoms with Crippen LogP contribution < -0.4 is 5.32 Å². The summed E-state index contributed by atoms with van der Waals surface area (Å²) < 4.78 is 23.1. The molecule has 0 fully saturated rings. The largest absolute Gasteiger partial charge is 0.453 e. The van der Waals surface area contributed by atoms with Crippen LogP contribution in [-0.2, 0) is 11.3 Å². The fourth-order valence-corrected chi connectivity index (χ4v) is 2.03. The van der Waals surface area contributed by atoms with Crippen LogP contribution in [0.15, 0.2) is 40.8 Å². The average Bonchev–Trinajstić information content (AvgIpc) is 2.96. The first-order valence-electron chi connectivity index (χ1n) is 6.83. The molecular weight excluding hydrogens is 289 g/mol. The number of hydrogen-bond acceptors (Lipinski definition) is 4. The van der Waals surface area contributed by atoms with Gasteiger partial charge in [0.2, 0.25) is 0 Å². The van der Waals surface area contributed by atoms with Gasteiger partial charge in [-0.15, -0.1) is 0 Å². The predicted octanol–water partition coefficient (Wildman–Crippen LogP) is 2.42. The standard InChI is InChI=1S/C16H18FNO4/c1-10(15(19)11-3-5-12(17)6-4-11)18-16(20)14-8-7-13(22-14)9-21-2/h3-8,10,15,19H,9H2,1-2H3,(H,18,20). The highest BCUT2D eigenvalue weighted by Gasteiger charge is 2.20. The molecule has 6 heteroatoms. The van der Waals surface area contributed by atoms with Gasteiger partial charge in [0, 0.05) is 7.11 Å². The number of nitrogens with one attached hydrogen (secondary N) is 1. The van der Waals surface area contributed by atoms with Crippen molar-refractivity contribution in [3.8, 4) is 0 Å². The van der Waals surface area contributed by atoms with E-state index < -0.39 is 18.1 Å². The number of amides is 1. The number of ether oxygens (including phenoxy) is 1. The van der Waals surface area contributed by atoms with E-state index in [4.69, 9.17) is 9.15 Å². The first kappa shape index (κ1) is 16.2. The first-order valence-corrected chi connectivity index (χ1v) is 6.83. The van der Waals surface area contributed by atoms with Crippen molar-refractivity contribution in [3.05, 3.63) is 59.3 Å². The van der Waals surface area contributed by atoms with Crippen LogP contribution in [0.4, 0.5) is 4.39 Å². The Morgan fingerprint density at radius 3 is 2.64 bits per heavy atom. The molecule has 0 aliphatic heterocycles. The van der Waals surface area contributed by atoms with E-state index in [9.17, 15) is 14.3 Å². The number of carbonyl (C=O) groups excluding carboxylic acids is 1. The number of benzene rings is 1. The summed E-state index contributed by atoms with van der Waals surface area (Å²) in [6, 6.07) is 8.11. The van der Waals surface area contributed by atoms with Crippen molar-refractivity contribution in [3.63, 3.8) is 0 Å². The number of hydrogen-bond donors (Lipinski definition) is 2. The topological polar surface area (TPSA) is 71.7 Å². The molecule has 118 valence electrons. The molecule has 2 aromatic rings. The summed E-state index contributed by atoms with van der Waals surface area (Å²) in [6.07, 6.45) is -0.946. The maximum atomic E-state index is 12.9. The summed E-state index contributed by atoms with van der Waals surface area (Å²) in [4.78, 5) is 12.0. The number of carbonyl (C=O) groups is 1. The van der Waals surface area contributed by atoms with Gasteiger partial charge in [0.1, 0.15) is 18.2 Å². The van der Waals surface area contributed by atoms with Gasteiger partial charge in [0.15, 0.2) is 5.76 Å². The van der Waals surface area contributed by atoms with Crippen LogP contribution in [0.3, 0.4) is 0 Å². The Kier molecular flexibility index (Phi) is 5.30. The third-order valence-corrected chi connectivity index (χ3v) is 3.22. The molecule has 0 spiro atoms. The van der Waals surface area contributed by atoms with Crippen LogP contribution in [0.5, 0.6) is 0 Å². The van der Waals surface area contributed by atoms with Gasteiger partial charge in [0.05, 0.1) is 12.1 Å². The highest BCUT2D eigenvalue weighted by Crippen LogP contribution is 2.18. The second kappa shape index (κ2) is 7.20. The van der Waals surface area contributed by atoms with Gasteiger partial charge in [-0.1, -0.05) is 12.1 Å². The highest BCUT2D eigenvalue weighted by molar-refractivity contribution is 5.91. The highest BCUT2D eigenvalue weighted by atomic mass is 19.1. The molecule has 0 aliphatic rings. The number of rotatable bonds is 6. The minimum absolute atomic E-state index is 0.144. The van der Waals surface area contributed by atoms with E-state index >= 15 is 0 Å². The molecule has 1 aromatic heterocycles. The first-order chi connectivity index (χ1) is 10.5. The zero-order valence-electron chi connectivity index (χ0n) is 12.4. The van der Waals surface area contributed by atoms with Gasteiger partial charge in [-0.25, -0.2) is 4.39 Å². The van der Waals surface area contributed by atoms with E-state index in [0.717, 1.165) is 0 Å². The summed E-state index contributed by atoms with van der Waals surface area (Å²) in [5, 5.41) is 12.8. The van der Waals surface area contributed by atoms with E-state index in [0.29, 0.717) is 11.3 Å². The monoisotopic (exact) mass is 307 g/mol. The molecule has 0 bridgehead atoms. The number of furan rings is 1. The lowest BCUT2D eigenvalue weighted by atomic mass is 10.0. The number of halogens is 1. The van der Waals surface area contributed by atoms with Crippen LogP contribution in [0, 0.1) is 5.82 Å². The SMILES string of the molecule is COCc1ccc(C(=O)NC(C)C(O)c2ccc(F)cc2)o1. The van der Waals surface area contributed by atoms with Crippen molar-refractivity contribution in [2.45, 2.75) is 25.7 Å². The molecule has 0 aliphatic carbocycles. The van der Waals surface area contributed by atoms with Crippen LogP contribution >= 0.6 is 0 Å². The summed E-state index contributed by atoms with van der Waals surface area (Å²) in [6.45, 7) is 1.94. The quantitative estimate of drug-likeness (QED) is 0.859. The van der Waals surface area contributed by atoms with Crippen molar-refractivity contribution < 1.29 is 23.4 Å². The lowest BCUT2D eigenvalue weighted by Gasteiger charge is -2.20. The van der Waals surface area contributed by atoms with Crippen molar-refractivity contribution in [1.29, 1.82) is 0 Å². The van der Waals surface area contributed by atoms with Gasteiger partial charge >= 0.3 is 0 Å². The van der Waals surface area contributed by atoms with Gasteiger partial charge in [0.25, 0.3) is 5.91 Å². The molecule has 2 unspecified atom stereocenters. The molecule has 1 heterocycles. The van der Waals surface area contributed by atoms with Crippen LogP contribution in [0.1, 0.15) is 34.9 Å². The molecule has 0 radical (unpaired) electrons. The third-order valence-electron chi connectivity index (χ3n) is 3.22. The number of aliphatic hydroxyl groups is 1. The van der Waals surface area contributed by atoms with E-state index in [1.165, 1.54) is 31.4 Å². The molecule has 1 aromatic carbocycles. The lowest BCUT2D eigenvalue weighted by Crippen LogP contribution is -2.36. The molecule has 0 saturated heterocycles. The van der Waals surface area contributed by atoms with Gasteiger partial charge in [-0.3, -0.25) is 4.79 Å². The molecule has 22 heavy (non-hydrogen) atoms. The molecule has 0 saturated carbocycles. The second-order valence-electron chi connectivity index (χ2n) is 4.96. The molecule has 2 rings (SSSR count). The minimum Gasteiger partial charge on any atom is -0.453 e. The minimum atomic E-state index is -0.946. The Balaban J connectivity index is 1.99. The Morgan fingerprint density at radius 2 is 2.00 bits per heavy atom. The maximum absolute atomic E-state index is 12.9. The zero-order chi connectivity index (χ0) is 16.1. The van der Waals surface area contributed by atoms with E-state index in [-0.39, 0.29) is 18.2 Å². The summed E-state index contributed by atoms with van der Waals surface area (Å²) in [5.74, 6) is -0.130. The average molecular weight is 307 g/mol. The Morgan fingerprint density at radius 1 is 1.32 bits per heavy atom. The fourth-order valence-electron chi connectivity index (χ4n) is 2.03. The van der Waals surface area contributed by atoms with Gasteiger partial charge < -0.3 is 19.6 Å². The second-order valence-corrected chi connectivity index (χ2v) is 4.96.